The van der Waals surface area contributed by atoms with Crippen LogP contribution in [0.4, 0.5) is 18.9 Å². The Morgan fingerprint density at radius 3 is 2.67 bits per heavy atom. The maximum Gasteiger partial charge on any atom is 0.390 e. The second kappa shape index (κ2) is 4.51. The molecular weight excluding hydrogens is 243 g/mol. The standard InChI is InChI=1S/C12H14F3N3/c1-2-11-17-9-7-8(16)3-4-10(9)18(11)6-5-12(13,14)15/h3-4,7H,2,5-6,16H2,1H3. The molecule has 0 bridgehead atoms. The molecule has 1 aromatic heterocycles. The molecule has 0 aliphatic rings. The average molecular weight is 257 g/mol. The first kappa shape index (κ1) is 12.7. The van der Waals surface area contributed by atoms with Crippen LogP contribution in [0.2, 0.25) is 0 Å². The zero-order valence-electron chi connectivity index (χ0n) is 9.96. The number of rotatable bonds is 3. The molecule has 18 heavy (non-hydrogen) atoms. The van der Waals surface area contributed by atoms with Gasteiger partial charge in [-0.1, -0.05) is 6.92 Å². The van der Waals surface area contributed by atoms with Gasteiger partial charge in [-0.25, -0.2) is 4.98 Å². The Balaban J connectivity index is 2.41. The summed E-state index contributed by atoms with van der Waals surface area (Å²) in [5, 5.41) is 0. The summed E-state index contributed by atoms with van der Waals surface area (Å²) < 4.78 is 38.5. The van der Waals surface area contributed by atoms with Gasteiger partial charge in [0.1, 0.15) is 5.82 Å². The zero-order chi connectivity index (χ0) is 13.3. The summed E-state index contributed by atoms with van der Waals surface area (Å²) in [7, 11) is 0. The van der Waals surface area contributed by atoms with Crippen LogP contribution in [0.1, 0.15) is 19.2 Å². The van der Waals surface area contributed by atoms with E-state index < -0.39 is 12.6 Å². The maximum absolute atomic E-state index is 12.3. The van der Waals surface area contributed by atoms with Gasteiger partial charge in [0, 0.05) is 18.7 Å². The van der Waals surface area contributed by atoms with E-state index in [0.717, 1.165) is 0 Å². The molecule has 6 heteroatoms. The molecule has 0 fully saturated rings. The van der Waals surface area contributed by atoms with Crippen LogP contribution in [0, 0.1) is 0 Å². The van der Waals surface area contributed by atoms with Crippen molar-refractivity contribution >= 4 is 16.7 Å². The van der Waals surface area contributed by atoms with E-state index >= 15 is 0 Å². The number of nitrogens with zero attached hydrogens (tertiary/aromatic N) is 2. The SMILES string of the molecule is CCc1nc2cc(N)ccc2n1CCC(F)(F)F. The van der Waals surface area contributed by atoms with Gasteiger partial charge < -0.3 is 10.3 Å². The third kappa shape index (κ3) is 2.57. The highest BCUT2D eigenvalue weighted by molar-refractivity contribution is 5.79. The fourth-order valence-electron chi connectivity index (χ4n) is 1.95. The Morgan fingerprint density at radius 2 is 2.06 bits per heavy atom. The Labute approximate surface area is 102 Å². The molecule has 0 atom stereocenters. The number of nitrogen functional groups attached to an aromatic ring is 1. The average Bonchev–Trinajstić information content (AvgIpc) is 2.62. The van der Waals surface area contributed by atoms with Gasteiger partial charge in [-0.05, 0) is 18.2 Å². The maximum atomic E-state index is 12.3. The van der Waals surface area contributed by atoms with Gasteiger partial charge in [0.25, 0.3) is 0 Å². The number of hydrogen-bond donors (Lipinski definition) is 1. The van der Waals surface area contributed by atoms with Crippen LogP contribution in [0.15, 0.2) is 18.2 Å². The quantitative estimate of drug-likeness (QED) is 0.858. The smallest absolute Gasteiger partial charge is 0.390 e. The molecule has 0 aliphatic carbocycles. The Hall–Kier alpha value is -1.72. The van der Waals surface area contributed by atoms with E-state index in [2.05, 4.69) is 4.98 Å². The number of alkyl halides is 3. The lowest BCUT2D eigenvalue weighted by Gasteiger charge is -2.10. The van der Waals surface area contributed by atoms with Gasteiger partial charge in [-0.2, -0.15) is 13.2 Å². The van der Waals surface area contributed by atoms with Gasteiger partial charge in [0.2, 0.25) is 0 Å². The van der Waals surface area contributed by atoms with Crippen molar-refractivity contribution in [3.63, 3.8) is 0 Å². The first-order chi connectivity index (χ1) is 8.40. The van der Waals surface area contributed by atoms with Crippen LogP contribution in [0.5, 0.6) is 0 Å². The molecule has 0 spiro atoms. The Kier molecular flexibility index (Phi) is 3.19. The molecule has 3 nitrogen and oxygen atoms in total. The molecule has 0 saturated heterocycles. The number of hydrogen-bond acceptors (Lipinski definition) is 2. The summed E-state index contributed by atoms with van der Waals surface area (Å²) in [6, 6.07) is 5.07. The summed E-state index contributed by atoms with van der Waals surface area (Å²) in [6.07, 6.45) is -4.42. The lowest BCUT2D eigenvalue weighted by atomic mass is 10.3. The molecule has 0 unspecified atom stereocenters. The summed E-state index contributed by atoms with van der Waals surface area (Å²) in [5.74, 6) is 0.653. The highest BCUT2D eigenvalue weighted by atomic mass is 19.4. The van der Waals surface area contributed by atoms with Crippen molar-refractivity contribution in [3.8, 4) is 0 Å². The van der Waals surface area contributed by atoms with Crippen molar-refractivity contribution in [1.29, 1.82) is 0 Å². The number of aromatic nitrogens is 2. The minimum absolute atomic E-state index is 0.104. The minimum Gasteiger partial charge on any atom is -0.399 e. The van der Waals surface area contributed by atoms with Gasteiger partial charge in [0.05, 0.1) is 17.5 Å². The highest BCUT2D eigenvalue weighted by Crippen LogP contribution is 2.24. The molecular formula is C12H14F3N3. The van der Waals surface area contributed by atoms with Crippen LogP contribution in [0.3, 0.4) is 0 Å². The molecule has 0 aliphatic heterocycles. The van der Waals surface area contributed by atoms with E-state index in [4.69, 9.17) is 5.73 Å². The van der Waals surface area contributed by atoms with E-state index in [1.54, 1.807) is 22.8 Å². The predicted octanol–water partition coefficient (Wildman–Crippen LogP) is 3.13. The summed E-state index contributed by atoms with van der Waals surface area (Å²) in [6.45, 7) is 1.77. The predicted molar refractivity (Wildman–Crippen MR) is 64.2 cm³/mol. The monoisotopic (exact) mass is 257 g/mol. The van der Waals surface area contributed by atoms with Crippen molar-refractivity contribution < 1.29 is 13.2 Å². The van der Waals surface area contributed by atoms with Gasteiger partial charge >= 0.3 is 6.18 Å². The second-order valence-electron chi connectivity index (χ2n) is 4.15. The first-order valence-electron chi connectivity index (χ1n) is 5.72. The van der Waals surface area contributed by atoms with Crippen LogP contribution >= 0.6 is 0 Å². The number of fused-ring (bicyclic) bond motifs is 1. The Bertz CT molecular complexity index is 557. The summed E-state index contributed by atoms with van der Waals surface area (Å²) in [5.41, 5.74) is 7.55. The van der Waals surface area contributed by atoms with Crippen molar-refractivity contribution in [2.45, 2.75) is 32.5 Å². The Morgan fingerprint density at radius 1 is 1.33 bits per heavy atom. The normalized spacial score (nSPS) is 12.2. The van der Waals surface area contributed by atoms with Crippen LogP contribution < -0.4 is 5.73 Å². The van der Waals surface area contributed by atoms with E-state index in [1.807, 2.05) is 6.92 Å². The lowest BCUT2D eigenvalue weighted by molar-refractivity contribution is -0.136. The largest absolute Gasteiger partial charge is 0.399 e. The van der Waals surface area contributed by atoms with Crippen LogP contribution in [-0.4, -0.2) is 15.7 Å². The van der Waals surface area contributed by atoms with Gasteiger partial charge in [0.15, 0.2) is 0 Å². The number of nitrogens with two attached hydrogens (primary N) is 1. The highest BCUT2D eigenvalue weighted by Gasteiger charge is 2.27. The summed E-state index contributed by atoms with van der Waals surface area (Å²) in [4.78, 5) is 4.31. The number of aryl methyl sites for hydroxylation is 2. The second-order valence-corrected chi connectivity index (χ2v) is 4.15. The van der Waals surface area contributed by atoms with Gasteiger partial charge in [-0.15, -0.1) is 0 Å². The third-order valence-electron chi connectivity index (χ3n) is 2.79. The van der Waals surface area contributed by atoms with E-state index in [0.29, 0.717) is 29.0 Å². The van der Waals surface area contributed by atoms with E-state index in [9.17, 15) is 13.2 Å². The fourth-order valence-corrected chi connectivity index (χ4v) is 1.95. The molecule has 98 valence electrons. The van der Waals surface area contributed by atoms with Crippen molar-refractivity contribution in [2.24, 2.45) is 0 Å². The molecule has 1 aromatic carbocycles. The number of benzene rings is 1. The van der Waals surface area contributed by atoms with Crippen molar-refractivity contribution in [3.05, 3.63) is 24.0 Å². The number of halogens is 3. The van der Waals surface area contributed by atoms with Crippen LogP contribution in [0.25, 0.3) is 11.0 Å². The van der Waals surface area contributed by atoms with Crippen molar-refractivity contribution in [2.75, 3.05) is 5.73 Å². The topological polar surface area (TPSA) is 43.8 Å². The third-order valence-corrected chi connectivity index (χ3v) is 2.79. The number of anilines is 1. The molecule has 2 aromatic rings. The van der Waals surface area contributed by atoms with E-state index in [-0.39, 0.29) is 6.54 Å². The minimum atomic E-state index is -4.16. The molecule has 2 rings (SSSR count). The lowest BCUT2D eigenvalue weighted by Crippen LogP contribution is -2.13. The van der Waals surface area contributed by atoms with Crippen LogP contribution in [-0.2, 0) is 13.0 Å². The molecule has 0 saturated carbocycles. The molecule has 2 N–H and O–H groups in total. The van der Waals surface area contributed by atoms with Gasteiger partial charge in [-0.3, -0.25) is 0 Å². The fraction of sp³-hybridized carbons (Fsp3) is 0.417. The summed E-state index contributed by atoms with van der Waals surface area (Å²) >= 11 is 0. The zero-order valence-corrected chi connectivity index (χ0v) is 9.96. The molecule has 0 amide bonds. The first-order valence-corrected chi connectivity index (χ1v) is 5.72. The number of imidazole rings is 1. The molecule has 0 radical (unpaired) electrons. The van der Waals surface area contributed by atoms with Crippen molar-refractivity contribution in [1.82, 2.24) is 9.55 Å². The molecule has 1 heterocycles. The van der Waals surface area contributed by atoms with E-state index in [1.165, 1.54) is 0 Å².